The number of benzene rings is 1. The predicted octanol–water partition coefficient (Wildman–Crippen LogP) is 1.44. The number of nitrogens with one attached hydrogen (secondary N) is 1. The zero-order valence-electron chi connectivity index (χ0n) is 13.9. The van der Waals surface area contributed by atoms with Crippen LogP contribution in [0, 0.1) is 12.8 Å². The molecule has 0 spiro atoms. The minimum absolute atomic E-state index is 0.0947. The Morgan fingerprint density at radius 2 is 1.96 bits per heavy atom. The largest absolute Gasteiger partial charge is 0.506 e. The van der Waals surface area contributed by atoms with E-state index in [1.165, 1.54) is 11.0 Å². The molecule has 0 aliphatic carbocycles. The summed E-state index contributed by atoms with van der Waals surface area (Å²) in [6, 6.07) is 4.75. The molecule has 130 valence electrons. The number of anilines is 1. The van der Waals surface area contributed by atoms with Crippen LogP contribution in [0.2, 0.25) is 0 Å². The molecule has 0 atom stereocenters. The molecule has 0 saturated carbocycles. The topological polar surface area (TPSA) is 95.9 Å². The van der Waals surface area contributed by atoms with Gasteiger partial charge in [0.1, 0.15) is 5.75 Å². The van der Waals surface area contributed by atoms with Crippen molar-refractivity contribution in [2.75, 3.05) is 25.0 Å². The molecule has 1 aliphatic heterocycles. The van der Waals surface area contributed by atoms with Gasteiger partial charge in [0.25, 0.3) is 0 Å². The lowest BCUT2D eigenvalue weighted by molar-refractivity contribution is -0.152. The normalized spacial score (nSPS) is 15.0. The molecule has 1 saturated heterocycles. The Kier molecular flexibility index (Phi) is 5.78. The molecule has 2 rings (SSSR count). The van der Waals surface area contributed by atoms with Crippen LogP contribution in [0.4, 0.5) is 5.69 Å². The molecule has 1 aromatic rings. The number of piperidine rings is 1. The second-order valence-corrected chi connectivity index (χ2v) is 5.79. The van der Waals surface area contributed by atoms with Gasteiger partial charge in [0, 0.05) is 13.1 Å². The van der Waals surface area contributed by atoms with Gasteiger partial charge in [-0.2, -0.15) is 0 Å². The summed E-state index contributed by atoms with van der Waals surface area (Å²) >= 11 is 0. The van der Waals surface area contributed by atoms with E-state index in [2.05, 4.69) is 5.32 Å². The van der Waals surface area contributed by atoms with Crippen LogP contribution in [0.1, 0.15) is 25.3 Å². The van der Waals surface area contributed by atoms with E-state index in [1.54, 1.807) is 19.1 Å². The average molecular weight is 334 g/mol. The van der Waals surface area contributed by atoms with Gasteiger partial charge >= 0.3 is 17.8 Å². The number of carbonyl (C=O) groups excluding carboxylic acids is 3. The molecule has 2 N–H and O–H groups in total. The Labute approximate surface area is 140 Å². The van der Waals surface area contributed by atoms with Gasteiger partial charge in [0.2, 0.25) is 0 Å². The van der Waals surface area contributed by atoms with Crippen LogP contribution in [-0.2, 0) is 19.1 Å². The molecule has 7 nitrogen and oxygen atoms in total. The number of esters is 1. The number of carbonyl (C=O) groups is 3. The van der Waals surface area contributed by atoms with Gasteiger partial charge in [-0.3, -0.25) is 14.4 Å². The van der Waals surface area contributed by atoms with Gasteiger partial charge in [0.05, 0.1) is 18.2 Å². The standard InChI is InChI=1S/C17H22N2O5/c1-3-24-17(23)12-6-8-19(9-7-12)16(22)15(21)18-13-10-11(2)4-5-14(13)20/h4-5,10,12,20H,3,6-9H2,1-2H3,(H,18,21). The van der Waals surface area contributed by atoms with Gasteiger partial charge < -0.3 is 20.1 Å². The van der Waals surface area contributed by atoms with Crippen LogP contribution < -0.4 is 5.32 Å². The maximum atomic E-state index is 12.2. The lowest BCUT2D eigenvalue weighted by Gasteiger charge is -2.30. The first kappa shape index (κ1) is 17.8. The molecular weight excluding hydrogens is 312 g/mol. The zero-order chi connectivity index (χ0) is 17.7. The van der Waals surface area contributed by atoms with E-state index in [0.717, 1.165) is 5.56 Å². The Bertz CT molecular complexity index is 636. The number of phenolic OH excluding ortho intramolecular Hbond substituents is 1. The Hall–Kier alpha value is -2.57. The number of hydrogen-bond donors (Lipinski definition) is 2. The molecule has 0 aromatic heterocycles. The number of hydrogen-bond acceptors (Lipinski definition) is 5. The van der Waals surface area contributed by atoms with Crippen LogP contribution in [0.5, 0.6) is 5.75 Å². The fraction of sp³-hybridized carbons (Fsp3) is 0.471. The molecule has 1 fully saturated rings. The highest BCUT2D eigenvalue weighted by atomic mass is 16.5. The highest BCUT2D eigenvalue weighted by Crippen LogP contribution is 2.24. The molecule has 24 heavy (non-hydrogen) atoms. The molecule has 1 aliphatic rings. The van der Waals surface area contributed by atoms with Crippen LogP contribution in [0.25, 0.3) is 0 Å². The van der Waals surface area contributed by atoms with Gasteiger partial charge in [-0.1, -0.05) is 6.07 Å². The predicted molar refractivity (Wildman–Crippen MR) is 87.4 cm³/mol. The second kappa shape index (κ2) is 7.81. The number of phenols is 1. The monoisotopic (exact) mass is 334 g/mol. The number of ether oxygens (including phenoxy) is 1. The Morgan fingerprint density at radius 3 is 2.58 bits per heavy atom. The number of aromatic hydroxyl groups is 1. The quantitative estimate of drug-likeness (QED) is 0.495. The number of nitrogens with zero attached hydrogens (tertiary/aromatic N) is 1. The van der Waals surface area contributed by atoms with Crippen molar-refractivity contribution in [1.29, 1.82) is 0 Å². The van der Waals surface area contributed by atoms with Gasteiger partial charge in [-0.15, -0.1) is 0 Å². The first-order chi connectivity index (χ1) is 11.4. The van der Waals surface area contributed by atoms with Crippen LogP contribution in [0.15, 0.2) is 18.2 Å². The summed E-state index contributed by atoms with van der Waals surface area (Å²) in [6.07, 6.45) is 0.959. The Balaban J connectivity index is 1.91. The lowest BCUT2D eigenvalue weighted by atomic mass is 9.97. The summed E-state index contributed by atoms with van der Waals surface area (Å²) in [4.78, 5) is 37.4. The third kappa shape index (κ3) is 4.24. The molecule has 1 aromatic carbocycles. The summed E-state index contributed by atoms with van der Waals surface area (Å²) < 4.78 is 4.98. The molecule has 0 unspecified atom stereocenters. The first-order valence-electron chi connectivity index (χ1n) is 7.99. The van der Waals surface area contributed by atoms with Crippen LogP contribution >= 0.6 is 0 Å². The van der Waals surface area contributed by atoms with E-state index in [1.807, 2.05) is 6.92 Å². The van der Waals surface area contributed by atoms with Crippen molar-refractivity contribution in [3.8, 4) is 5.75 Å². The molecule has 0 radical (unpaired) electrons. The summed E-state index contributed by atoms with van der Waals surface area (Å²) in [5, 5.41) is 12.2. The van der Waals surface area contributed by atoms with Crippen molar-refractivity contribution < 1.29 is 24.2 Å². The number of aryl methyl sites for hydroxylation is 1. The van der Waals surface area contributed by atoms with Gasteiger partial charge in [-0.25, -0.2) is 0 Å². The third-order valence-corrected chi connectivity index (χ3v) is 4.00. The first-order valence-corrected chi connectivity index (χ1v) is 7.99. The summed E-state index contributed by atoms with van der Waals surface area (Å²) in [6.45, 7) is 4.56. The van der Waals surface area contributed by atoms with Crippen molar-refractivity contribution in [1.82, 2.24) is 4.90 Å². The molecule has 1 heterocycles. The maximum Gasteiger partial charge on any atom is 0.314 e. The minimum atomic E-state index is -0.800. The van der Waals surface area contributed by atoms with E-state index in [9.17, 15) is 19.5 Å². The number of likely N-dealkylation sites (tertiary alicyclic amines) is 1. The van der Waals surface area contributed by atoms with Crippen molar-refractivity contribution in [3.05, 3.63) is 23.8 Å². The van der Waals surface area contributed by atoms with Crippen LogP contribution in [-0.4, -0.2) is 47.5 Å². The van der Waals surface area contributed by atoms with E-state index >= 15 is 0 Å². The fourth-order valence-corrected chi connectivity index (χ4v) is 2.65. The van der Waals surface area contributed by atoms with Crippen molar-refractivity contribution >= 4 is 23.5 Å². The van der Waals surface area contributed by atoms with E-state index < -0.39 is 11.8 Å². The van der Waals surface area contributed by atoms with Crippen molar-refractivity contribution in [2.24, 2.45) is 5.92 Å². The van der Waals surface area contributed by atoms with Gasteiger partial charge in [-0.05, 0) is 44.4 Å². The second-order valence-electron chi connectivity index (χ2n) is 5.79. The minimum Gasteiger partial charge on any atom is -0.506 e. The highest BCUT2D eigenvalue weighted by molar-refractivity contribution is 6.39. The van der Waals surface area contributed by atoms with Crippen LogP contribution in [0.3, 0.4) is 0 Å². The summed E-state index contributed by atoms with van der Waals surface area (Å²) in [5.74, 6) is -2.04. The molecule has 2 amide bonds. The smallest absolute Gasteiger partial charge is 0.314 e. The lowest BCUT2D eigenvalue weighted by Crippen LogP contribution is -2.45. The van der Waals surface area contributed by atoms with E-state index in [0.29, 0.717) is 32.5 Å². The number of amides is 2. The number of rotatable bonds is 3. The fourth-order valence-electron chi connectivity index (χ4n) is 2.65. The van der Waals surface area contributed by atoms with E-state index in [-0.39, 0.29) is 23.3 Å². The van der Waals surface area contributed by atoms with Crippen molar-refractivity contribution in [3.63, 3.8) is 0 Å². The van der Waals surface area contributed by atoms with Gasteiger partial charge in [0.15, 0.2) is 0 Å². The Morgan fingerprint density at radius 1 is 1.29 bits per heavy atom. The molecule has 7 heteroatoms. The molecule has 0 bridgehead atoms. The van der Waals surface area contributed by atoms with Crippen molar-refractivity contribution in [2.45, 2.75) is 26.7 Å². The third-order valence-electron chi connectivity index (χ3n) is 4.00. The van der Waals surface area contributed by atoms with E-state index in [4.69, 9.17) is 4.74 Å². The maximum absolute atomic E-state index is 12.2. The highest BCUT2D eigenvalue weighted by Gasteiger charge is 2.31. The molecular formula is C17H22N2O5. The summed E-state index contributed by atoms with van der Waals surface area (Å²) in [7, 11) is 0. The average Bonchev–Trinajstić information content (AvgIpc) is 2.57. The summed E-state index contributed by atoms with van der Waals surface area (Å²) in [5.41, 5.74) is 1.06. The zero-order valence-corrected chi connectivity index (χ0v) is 13.9. The SMILES string of the molecule is CCOC(=O)C1CCN(C(=O)C(=O)Nc2cc(C)ccc2O)CC1.